The first-order valence-corrected chi connectivity index (χ1v) is 10.5. The molecule has 2 heterocycles. The van der Waals surface area contributed by atoms with E-state index in [1.165, 1.54) is 0 Å². The summed E-state index contributed by atoms with van der Waals surface area (Å²) in [7, 11) is 0. The first-order valence-electron chi connectivity index (χ1n) is 9.65. The molecule has 0 spiro atoms. The third kappa shape index (κ3) is 6.44. The highest BCUT2D eigenvalue weighted by molar-refractivity contribution is 7.10. The monoisotopic (exact) mass is 401 g/mol. The van der Waals surface area contributed by atoms with Crippen molar-refractivity contribution in [2.24, 2.45) is 5.10 Å². The van der Waals surface area contributed by atoms with Crippen molar-refractivity contribution in [1.82, 2.24) is 10.3 Å². The van der Waals surface area contributed by atoms with Crippen molar-refractivity contribution in [2.45, 2.75) is 19.8 Å². The van der Waals surface area contributed by atoms with E-state index in [1.807, 2.05) is 48.7 Å². The van der Waals surface area contributed by atoms with Gasteiger partial charge in [0, 0.05) is 24.5 Å². The second kappa shape index (κ2) is 10.9. The van der Waals surface area contributed by atoms with Crippen LogP contribution in [-0.2, 0) is 16.0 Å². The van der Waals surface area contributed by atoms with Crippen molar-refractivity contribution < 1.29 is 14.3 Å². The Kier molecular flexibility index (Phi) is 8.02. The maximum atomic E-state index is 12.0. The number of hydrogen-bond donors (Lipinski definition) is 1. The molecular weight excluding hydrogens is 374 g/mol. The number of morpholine rings is 1. The zero-order valence-electron chi connectivity index (χ0n) is 16.2. The highest BCUT2D eigenvalue weighted by Crippen LogP contribution is 2.14. The summed E-state index contributed by atoms with van der Waals surface area (Å²) in [5.41, 5.74) is 4.50. The Morgan fingerprint density at radius 1 is 1.25 bits per heavy atom. The maximum Gasteiger partial charge on any atom is 0.245 e. The number of nitrogens with one attached hydrogen (secondary N) is 1. The van der Waals surface area contributed by atoms with Crippen LogP contribution < -0.4 is 10.2 Å². The highest BCUT2D eigenvalue weighted by atomic mass is 32.1. The number of benzene rings is 1. The molecule has 1 N–H and O–H groups in total. The molecule has 1 aromatic heterocycles. The molecule has 0 radical (unpaired) electrons. The van der Waals surface area contributed by atoms with Crippen LogP contribution in [0.25, 0.3) is 0 Å². The van der Waals surface area contributed by atoms with E-state index < -0.39 is 0 Å². The Hall–Kier alpha value is -2.22. The number of amides is 1. The number of hydrogen-bond acceptors (Lipinski definition) is 6. The maximum absolute atomic E-state index is 12.0. The van der Waals surface area contributed by atoms with Gasteiger partial charge in [0.2, 0.25) is 5.91 Å². The van der Waals surface area contributed by atoms with E-state index in [0.717, 1.165) is 61.2 Å². The summed E-state index contributed by atoms with van der Waals surface area (Å²) in [6.07, 6.45) is 1.09. The number of carbonyl (C=O) groups excluding carboxylic acids is 1. The smallest absolute Gasteiger partial charge is 0.245 e. The van der Waals surface area contributed by atoms with Crippen LogP contribution in [0.3, 0.4) is 0 Å². The molecule has 0 unspecified atom stereocenters. The Labute approximate surface area is 170 Å². The van der Waals surface area contributed by atoms with Crippen LogP contribution in [0, 0.1) is 0 Å². The normalized spacial score (nSPS) is 15.4. The van der Waals surface area contributed by atoms with Crippen molar-refractivity contribution in [3.8, 4) is 5.75 Å². The molecule has 0 bridgehead atoms. The summed E-state index contributed by atoms with van der Waals surface area (Å²) in [5, 5.41) is 6.27. The van der Waals surface area contributed by atoms with Crippen LogP contribution in [0.2, 0.25) is 0 Å². The van der Waals surface area contributed by atoms with Crippen LogP contribution in [0.15, 0.2) is 46.9 Å². The molecule has 1 aromatic carbocycles. The molecule has 1 aliphatic heterocycles. The number of nitrogens with zero attached hydrogens (tertiary/aromatic N) is 2. The summed E-state index contributed by atoms with van der Waals surface area (Å²) >= 11 is 1.57. The predicted molar refractivity (Wildman–Crippen MR) is 112 cm³/mol. The van der Waals surface area contributed by atoms with E-state index in [1.54, 1.807) is 11.3 Å². The first-order chi connectivity index (χ1) is 13.7. The third-order valence-electron chi connectivity index (χ3n) is 4.53. The Balaban J connectivity index is 1.47. The molecule has 1 fully saturated rings. The van der Waals surface area contributed by atoms with Crippen LogP contribution >= 0.6 is 11.3 Å². The molecule has 2 aromatic rings. The number of thiophene rings is 1. The van der Waals surface area contributed by atoms with E-state index in [9.17, 15) is 4.79 Å². The largest absolute Gasteiger partial charge is 0.492 e. The molecule has 1 saturated heterocycles. The minimum atomic E-state index is -0.100. The van der Waals surface area contributed by atoms with Crippen LogP contribution in [0.5, 0.6) is 5.75 Å². The zero-order chi connectivity index (χ0) is 19.6. The molecule has 0 saturated carbocycles. The second-order valence-electron chi connectivity index (χ2n) is 6.53. The van der Waals surface area contributed by atoms with Crippen molar-refractivity contribution in [3.63, 3.8) is 0 Å². The van der Waals surface area contributed by atoms with E-state index >= 15 is 0 Å². The molecule has 1 aliphatic rings. The fraction of sp³-hybridized carbons (Fsp3) is 0.429. The summed E-state index contributed by atoms with van der Waals surface area (Å²) in [6, 6.07) is 11.8. The van der Waals surface area contributed by atoms with Gasteiger partial charge in [0.1, 0.15) is 12.4 Å². The summed E-state index contributed by atoms with van der Waals surface area (Å²) in [4.78, 5) is 15.4. The summed E-state index contributed by atoms with van der Waals surface area (Å²) in [6.45, 7) is 7.13. The number of hydrazone groups is 1. The quantitative estimate of drug-likeness (QED) is 0.518. The standard InChI is InChI=1S/C21H27N3O3S/c1-2-20(22-23-21(25)16-19-4-3-15-28-19)17-5-7-18(8-6-17)27-14-11-24-9-12-26-13-10-24/h3-8,15H,2,9-14,16H2,1H3,(H,23,25)/b22-20-. The van der Waals surface area contributed by atoms with Crippen molar-refractivity contribution in [3.05, 3.63) is 52.2 Å². The van der Waals surface area contributed by atoms with Gasteiger partial charge in [-0.1, -0.05) is 13.0 Å². The predicted octanol–water partition coefficient (Wildman–Crippen LogP) is 2.93. The van der Waals surface area contributed by atoms with Crippen LogP contribution in [0.4, 0.5) is 0 Å². The van der Waals surface area contributed by atoms with Gasteiger partial charge >= 0.3 is 0 Å². The minimum absolute atomic E-state index is 0.100. The Morgan fingerprint density at radius 3 is 2.71 bits per heavy atom. The van der Waals surface area contributed by atoms with Gasteiger partial charge in [-0.15, -0.1) is 11.3 Å². The molecule has 1 amide bonds. The van der Waals surface area contributed by atoms with Crippen LogP contribution in [0.1, 0.15) is 23.8 Å². The number of ether oxygens (including phenoxy) is 2. The average molecular weight is 402 g/mol. The van der Waals surface area contributed by atoms with Gasteiger partial charge in [0.25, 0.3) is 0 Å². The van der Waals surface area contributed by atoms with Gasteiger partial charge < -0.3 is 9.47 Å². The van der Waals surface area contributed by atoms with Gasteiger partial charge in [-0.2, -0.15) is 5.10 Å². The van der Waals surface area contributed by atoms with Gasteiger partial charge in [-0.25, -0.2) is 5.43 Å². The SMILES string of the molecule is CC/C(=N/NC(=O)Cc1cccs1)c1ccc(OCCN2CCOCC2)cc1. The number of carbonyl (C=O) groups is 1. The Morgan fingerprint density at radius 2 is 2.04 bits per heavy atom. The topological polar surface area (TPSA) is 63.2 Å². The van der Waals surface area contributed by atoms with E-state index in [-0.39, 0.29) is 5.91 Å². The second-order valence-corrected chi connectivity index (χ2v) is 7.56. The lowest BCUT2D eigenvalue weighted by molar-refractivity contribution is -0.120. The molecule has 0 aliphatic carbocycles. The molecule has 7 heteroatoms. The van der Waals surface area contributed by atoms with Gasteiger partial charge in [-0.3, -0.25) is 9.69 Å². The zero-order valence-corrected chi connectivity index (χ0v) is 17.0. The fourth-order valence-electron chi connectivity index (χ4n) is 2.95. The first kappa shape index (κ1) is 20.5. The van der Waals surface area contributed by atoms with Gasteiger partial charge in [-0.05, 0) is 47.7 Å². The van der Waals surface area contributed by atoms with Crippen molar-refractivity contribution in [2.75, 3.05) is 39.5 Å². The van der Waals surface area contributed by atoms with E-state index in [2.05, 4.69) is 15.4 Å². The molecule has 3 rings (SSSR count). The lowest BCUT2D eigenvalue weighted by Crippen LogP contribution is -2.38. The molecule has 0 atom stereocenters. The molecular formula is C21H27N3O3S. The summed E-state index contributed by atoms with van der Waals surface area (Å²) < 4.78 is 11.2. The average Bonchev–Trinajstić information content (AvgIpc) is 3.23. The van der Waals surface area contributed by atoms with Crippen LogP contribution in [-0.4, -0.2) is 56.0 Å². The fourth-order valence-corrected chi connectivity index (χ4v) is 3.65. The lowest BCUT2D eigenvalue weighted by Gasteiger charge is -2.26. The minimum Gasteiger partial charge on any atom is -0.492 e. The highest BCUT2D eigenvalue weighted by Gasteiger charge is 2.10. The Bertz CT molecular complexity index is 754. The third-order valence-corrected chi connectivity index (χ3v) is 5.41. The van der Waals surface area contributed by atoms with Crippen molar-refractivity contribution >= 4 is 23.0 Å². The molecule has 6 nitrogen and oxygen atoms in total. The molecule has 150 valence electrons. The summed E-state index contributed by atoms with van der Waals surface area (Å²) in [5.74, 6) is 0.741. The molecule has 28 heavy (non-hydrogen) atoms. The number of rotatable bonds is 9. The van der Waals surface area contributed by atoms with Gasteiger partial charge in [0.15, 0.2) is 0 Å². The van der Waals surface area contributed by atoms with Crippen molar-refractivity contribution in [1.29, 1.82) is 0 Å². The lowest BCUT2D eigenvalue weighted by atomic mass is 10.1. The van der Waals surface area contributed by atoms with E-state index in [0.29, 0.717) is 13.0 Å². The van der Waals surface area contributed by atoms with Gasteiger partial charge in [0.05, 0.1) is 25.3 Å². The van der Waals surface area contributed by atoms with E-state index in [4.69, 9.17) is 9.47 Å².